The Bertz CT molecular complexity index is 910. The minimum absolute atomic E-state index is 0.123. The number of hydrogen-bond acceptors (Lipinski definition) is 6. The summed E-state index contributed by atoms with van der Waals surface area (Å²) in [7, 11) is 0. The molecule has 1 unspecified atom stereocenters. The lowest BCUT2D eigenvalue weighted by molar-refractivity contribution is -0.380. The lowest BCUT2D eigenvalue weighted by atomic mass is 10.0. The van der Waals surface area contributed by atoms with Crippen LogP contribution in [0.5, 0.6) is 0 Å². The van der Waals surface area contributed by atoms with E-state index in [1.807, 2.05) is 51.1 Å². The molecule has 1 amide bonds. The molecule has 0 radical (unpaired) electrons. The van der Waals surface area contributed by atoms with Gasteiger partial charge in [0, 0.05) is 48.2 Å². The molecular formula is C22H28ClN3O4S. The highest BCUT2D eigenvalue weighted by Crippen LogP contribution is 2.28. The first kappa shape index (κ1) is 23.5. The van der Waals surface area contributed by atoms with Gasteiger partial charge in [0.1, 0.15) is 5.60 Å². The zero-order chi connectivity index (χ0) is 22.6. The predicted molar refractivity (Wildman–Crippen MR) is 123 cm³/mol. The van der Waals surface area contributed by atoms with Gasteiger partial charge in [-0.15, -0.1) is 0 Å². The summed E-state index contributed by atoms with van der Waals surface area (Å²) in [5.41, 5.74) is 0.563. The van der Waals surface area contributed by atoms with Gasteiger partial charge in [-0.05, 0) is 57.4 Å². The first-order chi connectivity index (χ1) is 14.6. The zero-order valence-corrected chi connectivity index (χ0v) is 19.6. The quantitative estimate of drug-likeness (QED) is 0.403. The Kier molecular flexibility index (Phi) is 7.56. The summed E-state index contributed by atoms with van der Waals surface area (Å²) in [5, 5.41) is 11.9. The number of likely N-dealkylation sites (tertiary alicyclic amines) is 1. The molecule has 0 bridgehead atoms. The molecule has 2 aromatic rings. The van der Waals surface area contributed by atoms with Crippen LogP contribution >= 0.6 is 22.9 Å². The van der Waals surface area contributed by atoms with Crippen molar-refractivity contribution in [1.82, 2.24) is 9.80 Å². The Morgan fingerprint density at radius 1 is 1.26 bits per heavy atom. The Morgan fingerprint density at radius 3 is 2.58 bits per heavy atom. The lowest BCUT2D eigenvalue weighted by Gasteiger charge is -2.39. The van der Waals surface area contributed by atoms with Crippen molar-refractivity contribution in [2.75, 3.05) is 13.1 Å². The Balaban J connectivity index is 1.77. The van der Waals surface area contributed by atoms with Gasteiger partial charge in [-0.25, -0.2) is 4.79 Å². The van der Waals surface area contributed by atoms with Gasteiger partial charge in [0.25, 0.3) is 0 Å². The maximum absolute atomic E-state index is 12.6. The number of carbonyl (C=O) groups is 1. The van der Waals surface area contributed by atoms with Gasteiger partial charge < -0.3 is 9.64 Å². The number of rotatable bonds is 6. The van der Waals surface area contributed by atoms with Gasteiger partial charge in [-0.3, -0.25) is 15.0 Å². The van der Waals surface area contributed by atoms with Crippen molar-refractivity contribution in [3.05, 3.63) is 62.0 Å². The largest absolute Gasteiger partial charge is 0.444 e. The second kappa shape index (κ2) is 9.97. The van der Waals surface area contributed by atoms with E-state index in [0.717, 1.165) is 23.3 Å². The van der Waals surface area contributed by atoms with Crippen molar-refractivity contribution >= 4 is 34.0 Å². The van der Waals surface area contributed by atoms with Gasteiger partial charge in [0.05, 0.1) is 4.92 Å². The minimum Gasteiger partial charge on any atom is -0.444 e. The Labute approximate surface area is 191 Å². The van der Waals surface area contributed by atoms with E-state index in [1.54, 1.807) is 11.0 Å². The highest BCUT2D eigenvalue weighted by molar-refractivity contribution is 7.15. The number of halogens is 1. The van der Waals surface area contributed by atoms with Gasteiger partial charge in [0.2, 0.25) is 0 Å². The van der Waals surface area contributed by atoms with Gasteiger partial charge in [-0.1, -0.05) is 35.1 Å². The zero-order valence-electron chi connectivity index (χ0n) is 18.0. The van der Waals surface area contributed by atoms with Crippen molar-refractivity contribution in [1.29, 1.82) is 0 Å². The van der Waals surface area contributed by atoms with E-state index in [-0.39, 0.29) is 22.1 Å². The van der Waals surface area contributed by atoms with Crippen LogP contribution in [0.2, 0.25) is 5.02 Å². The molecule has 0 aliphatic carbocycles. The summed E-state index contributed by atoms with van der Waals surface area (Å²) < 4.78 is 5.57. The number of nitro groups is 1. The van der Waals surface area contributed by atoms with Gasteiger partial charge in [0.15, 0.2) is 0 Å². The Morgan fingerprint density at radius 2 is 1.97 bits per heavy atom. The number of piperidine rings is 1. The van der Waals surface area contributed by atoms with Crippen LogP contribution in [0, 0.1) is 10.1 Å². The maximum atomic E-state index is 12.6. The fraction of sp³-hybridized carbons (Fsp3) is 0.500. The highest BCUT2D eigenvalue weighted by Gasteiger charge is 2.31. The molecule has 1 atom stereocenters. The average molecular weight is 466 g/mol. The molecule has 9 heteroatoms. The van der Waals surface area contributed by atoms with E-state index in [0.29, 0.717) is 31.2 Å². The first-order valence-electron chi connectivity index (χ1n) is 10.3. The second-order valence-electron chi connectivity index (χ2n) is 8.75. The van der Waals surface area contributed by atoms with Crippen LogP contribution in [0.3, 0.4) is 0 Å². The fourth-order valence-electron chi connectivity index (χ4n) is 3.63. The number of ether oxygens (including phenoxy) is 1. The molecule has 1 aliphatic heterocycles. The number of nitrogens with zero attached hydrogens (tertiary/aromatic N) is 3. The molecule has 2 heterocycles. The van der Waals surface area contributed by atoms with Crippen LogP contribution in [0.15, 0.2) is 36.4 Å². The van der Waals surface area contributed by atoms with Crippen molar-refractivity contribution in [2.24, 2.45) is 0 Å². The third kappa shape index (κ3) is 6.92. The summed E-state index contributed by atoms with van der Waals surface area (Å²) in [4.78, 5) is 28.3. The molecule has 1 aromatic carbocycles. The number of carbonyl (C=O) groups excluding carboxylic acids is 1. The van der Waals surface area contributed by atoms with Gasteiger partial charge >= 0.3 is 11.1 Å². The second-order valence-corrected chi connectivity index (χ2v) is 10.3. The third-order valence-electron chi connectivity index (χ3n) is 5.05. The molecule has 0 saturated carbocycles. The third-order valence-corrected chi connectivity index (χ3v) is 6.32. The molecule has 1 saturated heterocycles. The van der Waals surface area contributed by atoms with Crippen molar-refractivity contribution in [2.45, 2.75) is 58.3 Å². The van der Waals surface area contributed by atoms with Crippen LogP contribution in [0.4, 0.5) is 9.80 Å². The van der Waals surface area contributed by atoms with Crippen LogP contribution in [0.1, 0.15) is 44.1 Å². The molecule has 31 heavy (non-hydrogen) atoms. The molecule has 168 valence electrons. The normalized spacial score (nSPS) is 17.1. The number of hydrogen-bond donors (Lipinski definition) is 0. The van der Waals surface area contributed by atoms with Crippen LogP contribution in [-0.4, -0.2) is 45.5 Å². The minimum atomic E-state index is -0.539. The van der Waals surface area contributed by atoms with E-state index < -0.39 is 5.60 Å². The van der Waals surface area contributed by atoms with E-state index in [9.17, 15) is 14.9 Å². The van der Waals surface area contributed by atoms with Gasteiger partial charge in [-0.2, -0.15) is 0 Å². The SMILES string of the molecule is CC(C)(C)OC(=O)N1CCCC(N(Cc2ccc(Cl)cc2)Cc2ccc([N+](=O)[O-])s2)C1. The standard InChI is InChI=1S/C22H28ClN3O4S/c1-22(2,3)30-21(27)24-12-4-5-18(14-24)25(13-16-6-8-17(23)9-7-16)15-19-10-11-20(31-19)26(28)29/h6-11,18H,4-5,12-15H2,1-3H3. The van der Waals surface area contributed by atoms with Crippen molar-refractivity contribution < 1.29 is 14.5 Å². The first-order valence-corrected chi connectivity index (χ1v) is 11.5. The Hall–Kier alpha value is -2.16. The molecular weight excluding hydrogens is 438 g/mol. The molecule has 1 fully saturated rings. The summed E-state index contributed by atoms with van der Waals surface area (Å²) >= 11 is 7.23. The monoisotopic (exact) mass is 465 g/mol. The van der Waals surface area contributed by atoms with E-state index in [4.69, 9.17) is 16.3 Å². The molecule has 0 N–H and O–H groups in total. The van der Waals surface area contributed by atoms with E-state index in [2.05, 4.69) is 4.90 Å². The summed E-state index contributed by atoms with van der Waals surface area (Å²) in [5.74, 6) is 0. The fourth-order valence-corrected chi connectivity index (χ4v) is 4.61. The topological polar surface area (TPSA) is 75.9 Å². The average Bonchev–Trinajstić information content (AvgIpc) is 3.17. The van der Waals surface area contributed by atoms with E-state index >= 15 is 0 Å². The maximum Gasteiger partial charge on any atom is 0.410 e. The van der Waals surface area contributed by atoms with Crippen LogP contribution in [0.25, 0.3) is 0 Å². The summed E-state index contributed by atoms with van der Waals surface area (Å²) in [6, 6.07) is 11.2. The number of benzene rings is 1. The lowest BCUT2D eigenvalue weighted by Crippen LogP contribution is -2.50. The van der Waals surface area contributed by atoms with E-state index in [1.165, 1.54) is 11.3 Å². The predicted octanol–water partition coefficient (Wildman–Crippen LogP) is 5.71. The van der Waals surface area contributed by atoms with Crippen molar-refractivity contribution in [3.63, 3.8) is 0 Å². The smallest absolute Gasteiger partial charge is 0.410 e. The number of thiophene rings is 1. The molecule has 0 spiro atoms. The summed E-state index contributed by atoms with van der Waals surface area (Å²) in [6.07, 6.45) is 1.53. The molecule has 7 nitrogen and oxygen atoms in total. The van der Waals surface area contributed by atoms with Crippen LogP contribution < -0.4 is 0 Å². The van der Waals surface area contributed by atoms with Crippen LogP contribution in [-0.2, 0) is 17.8 Å². The molecule has 1 aromatic heterocycles. The summed E-state index contributed by atoms with van der Waals surface area (Å²) in [6.45, 7) is 8.07. The number of amides is 1. The van der Waals surface area contributed by atoms with Crippen molar-refractivity contribution in [3.8, 4) is 0 Å². The highest BCUT2D eigenvalue weighted by atomic mass is 35.5. The molecule has 3 rings (SSSR count). The molecule has 1 aliphatic rings.